The lowest BCUT2D eigenvalue weighted by Crippen LogP contribution is -2.48. The zero-order valence-electron chi connectivity index (χ0n) is 20.1. The summed E-state index contributed by atoms with van der Waals surface area (Å²) in [5, 5.41) is 7.70. The summed E-state index contributed by atoms with van der Waals surface area (Å²) in [6, 6.07) is 14.4. The van der Waals surface area contributed by atoms with Crippen LogP contribution >= 0.6 is 0 Å². The lowest BCUT2D eigenvalue weighted by molar-refractivity contribution is 0.255. The van der Waals surface area contributed by atoms with Crippen LogP contribution in [0.5, 0.6) is 11.5 Å². The number of aryl methyl sites for hydroxylation is 2. The van der Waals surface area contributed by atoms with Gasteiger partial charge in [-0.25, -0.2) is 0 Å². The molecule has 3 aromatic rings. The zero-order chi connectivity index (χ0) is 23.2. The predicted molar refractivity (Wildman–Crippen MR) is 131 cm³/mol. The molecule has 1 aliphatic heterocycles. The van der Waals surface area contributed by atoms with Gasteiger partial charge >= 0.3 is 0 Å². The van der Waals surface area contributed by atoms with E-state index in [0.29, 0.717) is 18.0 Å². The van der Waals surface area contributed by atoms with E-state index in [0.717, 1.165) is 56.3 Å². The minimum atomic E-state index is 0.641. The molecule has 0 aliphatic carbocycles. The predicted octanol–water partition coefficient (Wildman–Crippen LogP) is 3.89. The van der Waals surface area contributed by atoms with Crippen molar-refractivity contribution >= 4 is 5.69 Å². The Morgan fingerprint density at radius 1 is 1.00 bits per heavy atom. The molecule has 2 aromatic carbocycles. The lowest BCUT2D eigenvalue weighted by atomic mass is 10.1. The van der Waals surface area contributed by atoms with Crippen LogP contribution in [0.2, 0.25) is 0 Å². The van der Waals surface area contributed by atoms with Gasteiger partial charge in [0.2, 0.25) is 0 Å². The van der Waals surface area contributed by atoms with E-state index in [1.807, 2.05) is 24.3 Å². The van der Waals surface area contributed by atoms with Crippen LogP contribution in [0.25, 0.3) is 11.3 Å². The Morgan fingerprint density at radius 3 is 2.55 bits per heavy atom. The van der Waals surface area contributed by atoms with E-state index < -0.39 is 0 Å². The Kier molecular flexibility index (Phi) is 7.52. The van der Waals surface area contributed by atoms with Gasteiger partial charge in [-0.3, -0.25) is 4.90 Å². The van der Waals surface area contributed by atoms with Gasteiger partial charge in [-0.05, 0) is 37.6 Å². The summed E-state index contributed by atoms with van der Waals surface area (Å²) in [6.45, 7) is 11.2. The maximum absolute atomic E-state index is 5.54. The van der Waals surface area contributed by atoms with Gasteiger partial charge in [0, 0.05) is 56.6 Å². The summed E-state index contributed by atoms with van der Waals surface area (Å²) in [6.07, 6.45) is 0. The first-order valence-electron chi connectivity index (χ1n) is 11.5. The number of methoxy groups -OCH3 is 2. The van der Waals surface area contributed by atoms with E-state index >= 15 is 0 Å². The van der Waals surface area contributed by atoms with E-state index in [2.05, 4.69) is 52.3 Å². The maximum atomic E-state index is 5.54. The van der Waals surface area contributed by atoms with Crippen LogP contribution in [-0.4, -0.2) is 63.5 Å². The van der Waals surface area contributed by atoms with Gasteiger partial charge in [-0.15, -0.1) is 0 Å². The van der Waals surface area contributed by atoms with Crippen molar-refractivity contribution in [3.05, 3.63) is 59.4 Å². The molecule has 1 fully saturated rings. The molecule has 176 valence electrons. The summed E-state index contributed by atoms with van der Waals surface area (Å²) in [5.74, 6) is 2.14. The first-order valence-corrected chi connectivity index (χ1v) is 11.5. The number of anilines is 1. The van der Waals surface area contributed by atoms with Gasteiger partial charge in [0.25, 0.3) is 0 Å². The summed E-state index contributed by atoms with van der Waals surface area (Å²) >= 11 is 0. The third kappa shape index (κ3) is 5.49. The van der Waals surface area contributed by atoms with Crippen LogP contribution in [0, 0.1) is 13.8 Å². The maximum Gasteiger partial charge on any atom is 0.170 e. The van der Waals surface area contributed by atoms with Crippen LogP contribution in [0.3, 0.4) is 0 Å². The summed E-state index contributed by atoms with van der Waals surface area (Å²) < 4.78 is 16.4. The fourth-order valence-electron chi connectivity index (χ4n) is 4.43. The Hall–Kier alpha value is -3.03. The zero-order valence-corrected chi connectivity index (χ0v) is 20.1. The summed E-state index contributed by atoms with van der Waals surface area (Å²) in [5.41, 5.74) is 5.65. The molecule has 33 heavy (non-hydrogen) atoms. The van der Waals surface area contributed by atoms with Crippen molar-refractivity contribution < 1.29 is 14.0 Å². The second-order valence-electron chi connectivity index (χ2n) is 8.51. The van der Waals surface area contributed by atoms with E-state index in [4.69, 9.17) is 14.0 Å². The molecule has 0 spiro atoms. The number of nitrogens with zero attached hydrogens (tertiary/aromatic N) is 3. The first-order chi connectivity index (χ1) is 16.1. The molecule has 0 saturated carbocycles. The molecule has 1 aromatic heterocycles. The molecule has 1 N–H and O–H groups in total. The van der Waals surface area contributed by atoms with Crippen molar-refractivity contribution in [1.82, 2.24) is 15.4 Å². The Balaban J connectivity index is 1.23. The number of ether oxygens (including phenoxy) is 2. The van der Waals surface area contributed by atoms with Gasteiger partial charge < -0.3 is 24.2 Å². The number of hydrogen-bond donors (Lipinski definition) is 1. The van der Waals surface area contributed by atoms with Crippen molar-refractivity contribution in [3.63, 3.8) is 0 Å². The highest BCUT2D eigenvalue weighted by Gasteiger charge is 2.18. The minimum absolute atomic E-state index is 0.641. The molecule has 0 atom stereocenters. The average Bonchev–Trinajstić information content (AvgIpc) is 3.30. The largest absolute Gasteiger partial charge is 0.493 e. The van der Waals surface area contributed by atoms with Crippen LogP contribution in [0.15, 0.2) is 47.0 Å². The highest BCUT2D eigenvalue weighted by atomic mass is 16.5. The number of benzene rings is 2. The van der Waals surface area contributed by atoms with Gasteiger partial charge in [0.1, 0.15) is 5.69 Å². The van der Waals surface area contributed by atoms with Crippen molar-refractivity contribution in [2.24, 2.45) is 0 Å². The molecule has 4 rings (SSSR count). The van der Waals surface area contributed by atoms with Crippen molar-refractivity contribution in [3.8, 4) is 22.8 Å². The third-order valence-electron chi connectivity index (χ3n) is 6.21. The number of para-hydroxylation sites is 1. The number of rotatable bonds is 9. The monoisotopic (exact) mass is 450 g/mol. The molecule has 0 bridgehead atoms. The van der Waals surface area contributed by atoms with Crippen molar-refractivity contribution in [1.29, 1.82) is 0 Å². The quantitative estimate of drug-likeness (QED) is 0.496. The molecule has 1 aliphatic rings. The van der Waals surface area contributed by atoms with Gasteiger partial charge in [0.15, 0.2) is 17.3 Å². The molecule has 7 nitrogen and oxygen atoms in total. The standard InChI is InChI=1S/C26H34N4O3/c1-19-8-9-24(20(2)16-19)30-14-12-29(13-15-30)11-10-27-18-21-17-23(28-33-21)22-6-5-7-25(31-3)26(22)32-4/h5-9,16-17,27H,10-15,18H2,1-4H3. The van der Waals surface area contributed by atoms with Crippen molar-refractivity contribution in [2.45, 2.75) is 20.4 Å². The molecule has 7 heteroatoms. The number of piperazine rings is 1. The van der Waals surface area contributed by atoms with Crippen LogP contribution in [0.1, 0.15) is 16.9 Å². The van der Waals surface area contributed by atoms with E-state index in [-0.39, 0.29) is 0 Å². The second-order valence-corrected chi connectivity index (χ2v) is 8.51. The highest BCUT2D eigenvalue weighted by Crippen LogP contribution is 2.37. The normalized spacial score (nSPS) is 14.5. The second kappa shape index (κ2) is 10.7. The fourth-order valence-corrected chi connectivity index (χ4v) is 4.43. The number of aromatic nitrogens is 1. The van der Waals surface area contributed by atoms with E-state index in [9.17, 15) is 0 Å². The lowest BCUT2D eigenvalue weighted by Gasteiger charge is -2.37. The third-order valence-corrected chi connectivity index (χ3v) is 6.21. The topological polar surface area (TPSA) is 63.0 Å². The van der Waals surface area contributed by atoms with Crippen LogP contribution in [-0.2, 0) is 6.54 Å². The average molecular weight is 451 g/mol. The van der Waals surface area contributed by atoms with E-state index in [1.165, 1.54) is 16.8 Å². The van der Waals surface area contributed by atoms with Gasteiger partial charge in [-0.2, -0.15) is 0 Å². The van der Waals surface area contributed by atoms with Crippen LogP contribution < -0.4 is 19.7 Å². The molecular formula is C26H34N4O3. The minimum Gasteiger partial charge on any atom is -0.493 e. The number of nitrogens with one attached hydrogen (secondary N) is 1. The molecule has 1 saturated heterocycles. The molecule has 2 heterocycles. The number of hydrogen-bond acceptors (Lipinski definition) is 7. The van der Waals surface area contributed by atoms with Crippen molar-refractivity contribution in [2.75, 3.05) is 58.4 Å². The molecule has 0 amide bonds. The Morgan fingerprint density at radius 2 is 1.82 bits per heavy atom. The van der Waals surface area contributed by atoms with Crippen LogP contribution in [0.4, 0.5) is 5.69 Å². The first kappa shape index (κ1) is 23.1. The summed E-state index contributed by atoms with van der Waals surface area (Å²) in [7, 11) is 3.26. The Labute approximate surface area is 196 Å². The molecule has 0 radical (unpaired) electrons. The fraction of sp³-hybridized carbons (Fsp3) is 0.423. The van der Waals surface area contributed by atoms with Gasteiger partial charge in [-0.1, -0.05) is 28.9 Å². The molecular weight excluding hydrogens is 416 g/mol. The molecule has 0 unspecified atom stereocenters. The highest BCUT2D eigenvalue weighted by molar-refractivity contribution is 5.71. The Bertz CT molecular complexity index is 1060. The smallest absolute Gasteiger partial charge is 0.170 e. The SMILES string of the molecule is COc1cccc(-c2cc(CNCCN3CCN(c4ccc(C)cc4C)CC3)on2)c1OC. The van der Waals surface area contributed by atoms with Gasteiger partial charge in [0.05, 0.1) is 20.8 Å². The van der Waals surface area contributed by atoms with E-state index in [1.54, 1.807) is 14.2 Å². The summed E-state index contributed by atoms with van der Waals surface area (Å²) in [4.78, 5) is 5.02.